The molecule has 0 bridgehead atoms. The van der Waals surface area contributed by atoms with E-state index in [1.54, 1.807) is 32.4 Å². The summed E-state index contributed by atoms with van der Waals surface area (Å²) in [6.07, 6.45) is 0. The molecule has 0 aliphatic carbocycles. The van der Waals surface area contributed by atoms with Crippen LogP contribution in [0.2, 0.25) is 0 Å². The van der Waals surface area contributed by atoms with Gasteiger partial charge in [0.1, 0.15) is 11.5 Å². The van der Waals surface area contributed by atoms with Gasteiger partial charge in [0.25, 0.3) is 5.91 Å². The third kappa shape index (κ3) is 3.22. The van der Waals surface area contributed by atoms with Crippen molar-refractivity contribution in [1.82, 2.24) is 0 Å². The molecule has 0 atom stereocenters. The van der Waals surface area contributed by atoms with Crippen molar-refractivity contribution in [3.05, 3.63) is 52.6 Å². The lowest BCUT2D eigenvalue weighted by Gasteiger charge is -2.13. The highest BCUT2D eigenvalue weighted by molar-refractivity contribution is 6.06. The van der Waals surface area contributed by atoms with Gasteiger partial charge in [-0.1, -0.05) is 6.07 Å². The van der Waals surface area contributed by atoms with Crippen LogP contribution in [0.5, 0.6) is 11.5 Å². The molecule has 2 aromatic carbocycles. The number of hydrogen-bond acceptors (Lipinski definition) is 3. The van der Waals surface area contributed by atoms with E-state index in [1.807, 2.05) is 32.9 Å². The summed E-state index contributed by atoms with van der Waals surface area (Å²) in [6, 6.07) is 9.23. The summed E-state index contributed by atoms with van der Waals surface area (Å²) in [5.74, 6) is 1.09. The zero-order valence-electron chi connectivity index (χ0n) is 13.6. The number of carbonyl (C=O) groups is 1. The van der Waals surface area contributed by atoms with Crippen LogP contribution in [-0.2, 0) is 0 Å². The Balaban J connectivity index is 2.31. The Morgan fingerprint density at radius 2 is 1.59 bits per heavy atom. The summed E-state index contributed by atoms with van der Waals surface area (Å²) in [6.45, 7) is 5.97. The standard InChI is InChI=1S/C18H21NO3/c1-11-8-13(3)15(9-12(11)2)18(20)19-16-7-6-14(21-4)10-17(16)22-5/h6-10H,1-5H3,(H,19,20). The Kier molecular flexibility index (Phi) is 4.71. The van der Waals surface area contributed by atoms with Gasteiger partial charge in [0, 0.05) is 11.6 Å². The molecular weight excluding hydrogens is 278 g/mol. The molecule has 0 heterocycles. The van der Waals surface area contributed by atoms with E-state index in [4.69, 9.17) is 9.47 Å². The lowest BCUT2D eigenvalue weighted by Crippen LogP contribution is -2.14. The smallest absolute Gasteiger partial charge is 0.256 e. The van der Waals surface area contributed by atoms with Crippen LogP contribution in [0.25, 0.3) is 0 Å². The number of ether oxygens (including phenoxy) is 2. The van der Waals surface area contributed by atoms with Gasteiger partial charge in [-0.25, -0.2) is 0 Å². The predicted octanol–water partition coefficient (Wildman–Crippen LogP) is 3.88. The number of benzene rings is 2. The third-order valence-electron chi connectivity index (χ3n) is 3.74. The van der Waals surface area contributed by atoms with Gasteiger partial charge in [0.05, 0.1) is 19.9 Å². The van der Waals surface area contributed by atoms with E-state index < -0.39 is 0 Å². The average Bonchev–Trinajstić information content (AvgIpc) is 2.51. The van der Waals surface area contributed by atoms with Crippen LogP contribution in [0, 0.1) is 20.8 Å². The Bertz CT molecular complexity index is 708. The minimum absolute atomic E-state index is 0.149. The van der Waals surface area contributed by atoms with Crippen molar-refractivity contribution in [3.8, 4) is 11.5 Å². The first-order valence-corrected chi connectivity index (χ1v) is 7.07. The van der Waals surface area contributed by atoms with Crippen molar-refractivity contribution in [3.63, 3.8) is 0 Å². The van der Waals surface area contributed by atoms with Gasteiger partial charge in [-0.3, -0.25) is 4.79 Å². The van der Waals surface area contributed by atoms with E-state index in [0.29, 0.717) is 22.7 Å². The largest absolute Gasteiger partial charge is 0.497 e. The molecule has 4 heteroatoms. The van der Waals surface area contributed by atoms with E-state index in [0.717, 1.165) is 11.1 Å². The van der Waals surface area contributed by atoms with E-state index in [1.165, 1.54) is 5.56 Å². The quantitative estimate of drug-likeness (QED) is 0.932. The van der Waals surface area contributed by atoms with Gasteiger partial charge in [-0.2, -0.15) is 0 Å². The maximum Gasteiger partial charge on any atom is 0.256 e. The fourth-order valence-electron chi connectivity index (χ4n) is 2.30. The second-order valence-corrected chi connectivity index (χ2v) is 5.27. The summed E-state index contributed by atoms with van der Waals surface area (Å²) in [4.78, 5) is 12.5. The van der Waals surface area contributed by atoms with Crippen molar-refractivity contribution < 1.29 is 14.3 Å². The van der Waals surface area contributed by atoms with Gasteiger partial charge < -0.3 is 14.8 Å². The van der Waals surface area contributed by atoms with Crippen LogP contribution in [-0.4, -0.2) is 20.1 Å². The minimum atomic E-state index is -0.149. The normalized spacial score (nSPS) is 10.2. The molecule has 0 aliphatic heterocycles. The van der Waals surface area contributed by atoms with Crippen LogP contribution in [0.1, 0.15) is 27.0 Å². The minimum Gasteiger partial charge on any atom is -0.497 e. The molecule has 2 rings (SSSR count). The summed E-state index contributed by atoms with van der Waals surface area (Å²) in [7, 11) is 3.15. The van der Waals surface area contributed by atoms with Gasteiger partial charge in [0.2, 0.25) is 0 Å². The average molecular weight is 299 g/mol. The maximum atomic E-state index is 12.5. The monoisotopic (exact) mass is 299 g/mol. The number of rotatable bonds is 4. The van der Waals surface area contributed by atoms with Crippen LogP contribution < -0.4 is 14.8 Å². The van der Waals surface area contributed by atoms with E-state index in [-0.39, 0.29) is 5.91 Å². The number of aryl methyl sites for hydroxylation is 3. The van der Waals surface area contributed by atoms with E-state index >= 15 is 0 Å². The molecule has 1 N–H and O–H groups in total. The fraction of sp³-hybridized carbons (Fsp3) is 0.278. The Morgan fingerprint density at radius 1 is 0.909 bits per heavy atom. The molecule has 1 amide bonds. The summed E-state index contributed by atoms with van der Waals surface area (Å²) < 4.78 is 10.5. The lowest BCUT2D eigenvalue weighted by molar-refractivity contribution is 0.102. The molecule has 0 radical (unpaired) electrons. The number of hydrogen-bond donors (Lipinski definition) is 1. The molecule has 22 heavy (non-hydrogen) atoms. The first-order chi connectivity index (χ1) is 10.5. The van der Waals surface area contributed by atoms with Crippen molar-refractivity contribution >= 4 is 11.6 Å². The first kappa shape index (κ1) is 15.9. The van der Waals surface area contributed by atoms with Crippen molar-refractivity contribution in [1.29, 1.82) is 0 Å². The molecule has 0 spiro atoms. The molecule has 0 saturated heterocycles. The number of carbonyl (C=O) groups excluding carboxylic acids is 1. The van der Waals surface area contributed by atoms with Crippen molar-refractivity contribution in [2.24, 2.45) is 0 Å². The summed E-state index contributed by atoms with van der Waals surface area (Å²) >= 11 is 0. The van der Waals surface area contributed by atoms with Crippen molar-refractivity contribution in [2.75, 3.05) is 19.5 Å². The molecule has 4 nitrogen and oxygen atoms in total. The Hall–Kier alpha value is -2.49. The summed E-state index contributed by atoms with van der Waals surface area (Å²) in [5, 5.41) is 2.90. The van der Waals surface area contributed by atoms with E-state index in [9.17, 15) is 4.79 Å². The fourth-order valence-corrected chi connectivity index (χ4v) is 2.30. The van der Waals surface area contributed by atoms with Gasteiger partial charge >= 0.3 is 0 Å². The molecule has 2 aromatic rings. The first-order valence-electron chi connectivity index (χ1n) is 7.07. The lowest BCUT2D eigenvalue weighted by atomic mass is 10.0. The van der Waals surface area contributed by atoms with Crippen LogP contribution >= 0.6 is 0 Å². The number of anilines is 1. The van der Waals surface area contributed by atoms with Gasteiger partial charge in [-0.05, 0) is 55.7 Å². The third-order valence-corrected chi connectivity index (χ3v) is 3.74. The van der Waals surface area contributed by atoms with Crippen LogP contribution in [0.15, 0.2) is 30.3 Å². The number of nitrogens with one attached hydrogen (secondary N) is 1. The van der Waals surface area contributed by atoms with Gasteiger partial charge in [-0.15, -0.1) is 0 Å². The highest BCUT2D eigenvalue weighted by atomic mass is 16.5. The maximum absolute atomic E-state index is 12.5. The Labute approximate surface area is 131 Å². The highest BCUT2D eigenvalue weighted by Gasteiger charge is 2.13. The molecular formula is C18H21NO3. The molecule has 0 aromatic heterocycles. The van der Waals surface area contributed by atoms with Crippen molar-refractivity contribution in [2.45, 2.75) is 20.8 Å². The second-order valence-electron chi connectivity index (χ2n) is 5.27. The highest BCUT2D eigenvalue weighted by Crippen LogP contribution is 2.29. The Morgan fingerprint density at radius 3 is 2.23 bits per heavy atom. The number of amides is 1. The van der Waals surface area contributed by atoms with Crippen LogP contribution in [0.3, 0.4) is 0 Å². The zero-order valence-corrected chi connectivity index (χ0v) is 13.6. The topological polar surface area (TPSA) is 47.6 Å². The van der Waals surface area contributed by atoms with E-state index in [2.05, 4.69) is 5.32 Å². The molecule has 0 aliphatic rings. The van der Waals surface area contributed by atoms with Crippen LogP contribution in [0.4, 0.5) is 5.69 Å². The second kappa shape index (κ2) is 6.52. The predicted molar refractivity (Wildman–Crippen MR) is 88.2 cm³/mol. The molecule has 0 unspecified atom stereocenters. The molecule has 0 saturated carbocycles. The summed E-state index contributed by atoms with van der Waals surface area (Å²) in [5.41, 5.74) is 4.51. The molecule has 116 valence electrons. The SMILES string of the molecule is COc1ccc(NC(=O)c2cc(C)c(C)cc2C)c(OC)c1. The van der Waals surface area contributed by atoms with Gasteiger partial charge in [0.15, 0.2) is 0 Å². The molecule has 0 fully saturated rings. The number of methoxy groups -OCH3 is 2. The zero-order chi connectivity index (χ0) is 16.3.